The Morgan fingerprint density at radius 3 is 2.30 bits per heavy atom. The topological polar surface area (TPSA) is 130 Å². The number of hydrogen-bond donors (Lipinski definition) is 5. The quantitative estimate of drug-likeness (QED) is 0.396. The molecule has 23 heavy (non-hydrogen) atoms. The predicted molar refractivity (Wildman–Crippen MR) is 80.0 cm³/mol. The number of amides is 2. The molecule has 8 nitrogen and oxygen atoms in total. The molecule has 2 rings (SSSR count). The van der Waals surface area contributed by atoms with Gasteiger partial charge in [0.15, 0.2) is 0 Å². The van der Waals surface area contributed by atoms with Crippen molar-refractivity contribution in [3.8, 4) is 0 Å². The molecule has 0 radical (unpaired) electrons. The summed E-state index contributed by atoms with van der Waals surface area (Å²) in [5.41, 5.74) is 1.01. The number of aliphatic hydroxyl groups is 4. The van der Waals surface area contributed by atoms with Gasteiger partial charge in [-0.25, -0.2) is 0 Å². The number of rotatable bonds is 7. The summed E-state index contributed by atoms with van der Waals surface area (Å²) in [6.45, 7) is -0.937. The van der Waals surface area contributed by atoms with Crippen molar-refractivity contribution in [2.24, 2.45) is 0 Å². The van der Waals surface area contributed by atoms with Crippen molar-refractivity contribution in [2.45, 2.75) is 12.2 Å². The Labute approximate surface area is 132 Å². The molecule has 124 valence electrons. The van der Waals surface area contributed by atoms with Crippen LogP contribution in [-0.4, -0.2) is 63.0 Å². The molecule has 0 saturated heterocycles. The van der Waals surface area contributed by atoms with Gasteiger partial charge in [0.25, 0.3) is 11.8 Å². The van der Waals surface area contributed by atoms with E-state index >= 15 is 0 Å². The van der Waals surface area contributed by atoms with Gasteiger partial charge in [-0.05, 0) is 17.7 Å². The fourth-order valence-electron chi connectivity index (χ4n) is 2.15. The van der Waals surface area contributed by atoms with Crippen molar-refractivity contribution in [3.63, 3.8) is 0 Å². The Morgan fingerprint density at radius 1 is 1.09 bits per heavy atom. The van der Waals surface area contributed by atoms with Gasteiger partial charge in [0.2, 0.25) is 0 Å². The highest BCUT2D eigenvalue weighted by Crippen LogP contribution is 2.21. The van der Waals surface area contributed by atoms with Gasteiger partial charge in [0.05, 0.1) is 19.8 Å². The molecule has 1 aliphatic heterocycles. The molecule has 2 atom stereocenters. The fourth-order valence-corrected chi connectivity index (χ4v) is 2.15. The number of carbonyl (C=O) groups is 2. The third-order valence-electron chi connectivity index (χ3n) is 3.42. The molecule has 0 aromatic heterocycles. The second-order valence-electron chi connectivity index (χ2n) is 5.02. The summed E-state index contributed by atoms with van der Waals surface area (Å²) in [6.07, 6.45) is -1.35. The van der Waals surface area contributed by atoms with Crippen LogP contribution in [0.2, 0.25) is 0 Å². The lowest BCUT2D eigenvalue weighted by Crippen LogP contribution is -2.34. The predicted octanol–water partition coefficient (Wildman–Crippen LogP) is -1.27. The summed E-state index contributed by atoms with van der Waals surface area (Å²) >= 11 is 0. The highest BCUT2D eigenvalue weighted by Gasteiger charge is 2.30. The van der Waals surface area contributed by atoms with E-state index in [2.05, 4.69) is 5.32 Å². The van der Waals surface area contributed by atoms with Crippen molar-refractivity contribution in [2.75, 3.05) is 25.1 Å². The fraction of sp³-hybridized carbons (Fsp3) is 0.333. The van der Waals surface area contributed by atoms with E-state index in [0.717, 1.165) is 11.0 Å². The minimum absolute atomic E-state index is 0.0659. The van der Waals surface area contributed by atoms with Crippen LogP contribution in [-0.2, 0) is 9.59 Å². The number of β-amino-alcohol motifs (C(OH)–C–C–N with tert-alkyl or cyclic N) is 1. The highest BCUT2D eigenvalue weighted by atomic mass is 16.4. The maximum Gasteiger partial charge on any atom is 0.277 e. The first-order valence-corrected chi connectivity index (χ1v) is 7.00. The highest BCUT2D eigenvalue weighted by molar-refractivity contribution is 6.17. The molecular formula is C15H18N2O6. The summed E-state index contributed by atoms with van der Waals surface area (Å²) in [7, 11) is 0. The lowest BCUT2D eigenvalue weighted by molar-refractivity contribution is -0.137. The molecule has 2 unspecified atom stereocenters. The van der Waals surface area contributed by atoms with E-state index in [9.17, 15) is 19.8 Å². The summed E-state index contributed by atoms with van der Waals surface area (Å²) in [4.78, 5) is 24.5. The lowest BCUT2D eigenvalue weighted by atomic mass is 10.0. The Hall–Kier alpha value is -2.26. The van der Waals surface area contributed by atoms with E-state index in [1.54, 1.807) is 12.1 Å². The molecule has 0 aliphatic carbocycles. The van der Waals surface area contributed by atoms with Gasteiger partial charge in [-0.2, -0.15) is 0 Å². The van der Waals surface area contributed by atoms with Crippen LogP contribution in [0.3, 0.4) is 0 Å². The second kappa shape index (κ2) is 7.34. The molecule has 0 fully saturated rings. The number of imide groups is 1. The third kappa shape index (κ3) is 3.74. The first-order chi connectivity index (χ1) is 11.0. The van der Waals surface area contributed by atoms with E-state index in [1.165, 1.54) is 12.1 Å². The van der Waals surface area contributed by atoms with Gasteiger partial charge in [-0.3, -0.25) is 14.5 Å². The number of carbonyl (C=O) groups excluding carboxylic acids is 2. The van der Waals surface area contributed by atoms with Crippen LogP contribution >= 0.6 is 0 Å². The first kappa shape index (κ1) is 17.1. The molecule has 1 aromatic carbocycles. The number of nitrogens with zero attached hydrogens (tertiary/aromatic N) is 1. The lowest BCUT2D eigenvalue weighted by Gasteiger charge is -2.16. The van der Waals surface area contributed by atoms with Gasteiger partial charge >= 0.3 is 0 Å². The largest absolute Gasteiger partial charge is 0.395 e. The van der Waals surface area contributed by atoms with Crippen molar-refractivity contribution in [3.05, 3.63) is 41.6 Å². The molecule has 8 heteroatoms. The van der Waals surface area contributed by atoms with Crippen molar-refractivity contribution in [1.29, 1.82) is 0 Å². The molecular weight excluding hydrogens is 304 g/mol. The van der Waals surface area contributed by atoms with E-state index in [-0.39, 0.29) is 18.8 Å². The van der Waals surface area contributed by atoms with Crippen LogP contribution in [0.4, 0.5) is 5.69 Å². The molecule has 0 bridgehead atoms. The number of nitrogens with one attached hydrogen (secondary N) is 1. The van der Waals surface area contributed by atoms with E-state index in [0.29, 0.717) is 11.3 Å². The first-order valence-electron chi connectivity index (χ1n) is 7.00. The van der Waals surface area contributed by atoms with Gasteiger partial charge in [0.1, 0.15) is 17.9 Å². The number of anilines is 1. The molecule has 1 heterocycles. The van der Waals surface area contributed by atoms with Crippen LogP contribution < -0.4 is 5.32 Å². The summed E-state index contributed by atoms with van der Waals surface area (Å²) in [5, 5.41) is 39.6. The Morgan fingerprint density at radius 2 is 1.74 bits per heavy atom. The molecule has 2 amide bonds. The molecule has 1 aromatic rings. The zero-order valence-corrected chi connectivity index (χ0v) is 12.2. The maximum atomic E-state index is 12.0. The minimum atomic E-state index is -1.28. The summed E-state index contributed by atoms with van der Waals surface area (Å²) in [5.74, 6) is -1.02. The van der Waals surface area contributed by atoms with Gasteiger partial charge in [-0.15, -0.1) is 0 Å². The Bertz CT molecular complexity index is 613. The molecule has 0 saturated carbocycles. The van der Waals surface area contributed by atoms with Crippen LogP contribution in [0, 0.1) is 0 Å². The summed E-state index contributed by atoms with van der Waals surface area (Å²) < 4.78 is 0. The van der Waals surface area contributed by atoms with Crippen molar-refractivity contribution >= 4 is 17.5 Å². The van der Waals surface area contributed by atoms with Gasteiger partial charge in [0, 0.05) is 11.8 Å². The Kier molecular flexibility index (Phi) is 5.45. The SMILES string of the molecule is O=C1C=C(Nc2ccc(C(O)C(O)CO)cc2)C(=O)N1CCO. The third-order valence-corrected chi connectivity index (χ3v) is 3.42. The average molecular weight is 322 g/mol. The van der Waals surface area contributed by atoms with Crippen LogP contribution in [0.25, 0.3) is 0 Å². The van der Waals surface area contributed by atoms with E-state index in [1.807, 2.05) is 0 Å². The minimum Gasteiger partial charge on any atom is -0.395 e. The maximum absolute atomic E-state index is 12.0. The molecule has 5 N–H and O–H groups in total. The number of aliphatic hydroxyl groups excluding tert-OH is 4. The second-order valence-corrected chi connectivity index (χ2v) is 5.02. The van der Waals surface area contributed by atoms with Crippen LogP contribution in [0.5, 0.6) is 0 Å². The normalized spacial score (nSPS) is 17.2. The van der Waals surface area contributed by atoms with E-state index in [4.69, 9.17) is 10.2 Å². The Balaban J connectivity index is 2.06. The monoisotopic (exact) mass is 322 g/mol. The zero-order valence-electron chi connectivity index (χ0n) is 12.2. The van der Waals surface area contributed by atoms with E-state index < -0.39 is 30.6 Å². The smallest absolute Gasteiger partial charge is 0.277 e. The standard InChI is InChI=1S/C15H18N2O6/c18-6-5-17-13(21)7-11(15(17)23)16-10-3-1-9(2-4-10)14(22)12(20)8-19/h1-4,7,12,14,16,18-20,22H,5-6,8H2. The number of benzene rings is 1. The van der Waals surface area contributed by atoms with Crippen molar-refractivity contribution in [1.82, 2.24) is 4.90 Å². The molecule has 1 aliphatic rings. The van der Waals surface area contributed by atoms with Crippen LogP contribution in [0.15, 0.2) is 36.0 Å². The van der Waals surface area contributed by atoms with Crippen LogP contribution in [0.1, 0.15) is 11.7 Å². The van der Waals surface area contributed by atoms with Gasteiger partial charge in [-0.1, -0.05) is 12.1 Å². The zero-order chi connectivity index (χ0) is 17.0. The summed E-state index contributed by atoms with van der Waals surface area (Å²) in [6, 6.07) is 6.18. The van der Waals surface area contributed by atoms with Gasteiger partial charge < -0.3 is 25.7 Å². The average Bonchev–Trinajstić information content (AvgIpc) is 2.82. The number of hydrogen-bond acceptors (Lipinski definition) is 7. The molecule has 0 spiro atoms. The van der Waals surface area contributed by atoms with Crippen molar-refractivity contribution < 1.29 is 30.0 Å².